The lowest BCUT2D eigenvalue weighted by molar-refractivity contribution is 0.102. The number of hydrogen-bond donors (Lipinski definition) is 3. The number of hydrogen-bond acceptors (Lipinski definition) is 5. The number of nitrogens with one attached hydrogen (secondary N) is 2. The summed E-state index contributed by atoms with van der Waals surface area (Å²) >= 11 is 0. The van der Waals surface area contributed by atoms with Crippen molar-refractivity contribution in [1.29, 1.82) is 0 Å². The Morgan fingerprint density at radius 1 is 1.10 bits per heavy atom. The molecule has 0 unspecified atom stereocenters. The molecule has 1 aliphatic heterocycles. The molecule has 212 valence electrons. The van der Waals surface area contributed by atoms with Crippen LogP contribution < -0.4 is 11.1 Å². The van der Waals surface area contributed by atoms with Crippen molar-refractivity contribution >= 4 is 58.3 Å². The molecule has 4 aromatic rings. The van der Waals surface area contributed by atoms with Crippen LogP contribution in [0.25, 0.3) is 21.8 Å². The number of amides is 1. The second-order valence-corrected chi connectivity index (χ2v) is 10.4. The van der Waals surface area contributed by atoms with Crippen LogP contribution in [0.4, 0.5) is 5.82 Å². The maximum Gasteiger partial charge on any atom is 0.256 e. The second-order valence-electron chi connectivity index (χ2n) is 10.4. The lowest BCUT2D eigenvalue weighted by Crippen LogP contribution is -2.17. The van der Waals surface area contributed by atoms with Crippen molar-refractivity contribution in [3.05, 3.63) is 53.5 Å². The number of H-pyrrole nitrogens is 1. The van der Waals surface area contributed by atoms with Crippen LogP contribution in [0.1, 0.15) is 79.2 Å². The molecule has 3 aromatic heterocycles. The Kier molecular flexibility index (Phi) is 11.2. The van der Waals surface area contributed by atoms with Crippen LogP contribution in [0, 0.1) is 6.92 Å². The summed E-state index contributed by atoms with van der Waals surface area (Å²) in [7, 11) is 2.17. The number of aryl methyl sites for hydroxylation is 2. The van der Waals surface area contributed by atoms with E-state index in [1.54, 1.807) is 0 Å². The summed E-state index contributed by atoms with van der Waals surface area (Å²) in [5.74, 6) is 0.381. The first-order valence-corrected chi connectivity index (χ1v) is 13.7. The number of nitrogens with zero attached hydrogens (tertiary/aromatic N) is 4. The van der Waals surface area contributed by atoms with Gasteiger partial charge in [-0.3, -0.25) is 14.4 Å². The highest BCUT2D eigenvalue weighted by molar-refractivity contribution is 6.06. The lowest BCUT2D eigenvalue weighted by Gasteiger charge is -2.17. The Labute approximate surface area is 242 Å². The van der Waals surface area contributed by atoms with Crippen molar-refractivity contribution in [3.8, 4) is 0 Å². The predicted molar refractivity (Wildman–Crippen MR) is 164 cm³/mol. The summed E-state index contributed by atoms with van der Waals surface area (Å²) in [5.41, 5.74) is 10.4. The molecule has 0 spiro atoms. The van der Waals surface area contributed by atoms with Gasteiger partial charge in [0, 0.05) is 46.9 Å². The van der Waals surface area contributed by atoms with E-state index in [1.807, 2.05) is 42.1 Å². The van der Waals surface area contributed by atoms with E-state index < -0.39 is 0 Å². The fourth-order valence-corrected chi connectivity index (χ4v) is 5.55. The zero-order valence-corrected chi connectivity index (χ0v) is 24.5. The van der Waals surface area contributed by atoms with Gasteiger partial charge in [0.2, 0.25) is 0 Å². The van der Waals surface area contributed by atoms with Gasteiger partial charge >= 0.3 is 0 Å². The Balaban J connectivity index is 0.00000210. The van der Waals surface area contributed by atoms with Crippen LogP contribution in [0.3, 0.4) is 0 Å². The molecule has 1 atom stereocenters. The van der Waals surface area contributed by atoms with Gasteiger partial charge in [0.25, 0.3) is 5.91 Å². The topological polar surface area (TPSA) is 105 Å². The Morgan fingerprint density at radius 2 is 1.87 bits per heavy atom. The summed E-state index contributed by atoms with van der Waals surface area (Å²) in [4.78, 5) is 23.6. The van der Waals surface area contributed by atoms with Crippen molar-refractivity contribution in [3.63, 3.8) is 0 Å². The largest absolute Gasteiger partial charge is 0.357 e. The summed E-state index contributed by atoms with van der Waals surface area (Å²) in [6, 6.07) is 10.3. The first-order valence-electron chi connectivity index (χ1n) is 13.7. The minimum Gasteiger partial charge on any atom is -0.357 e. The standard InChI is InChI=1S/C29H39N7O.2ClH/c1-20-23-12-11-21(17-27(23)36(34-20)15-8-6-4-3-5-7-13-30)29(37)33-28-18-24-22(19-31-28)16-25(32-24)26-10-9-14-35(26)2;;/h11-12,16-19,26,32H,3-10,13-15,30H2,1-2H3,(H,31,33,37);2*1H/t26-;;/m1../s1. The summed E-state index contributed by atoms with van der Waals surface area (Å²) in [6.45, 7) is 4.79. The number of benzene rings is 1. The number of aromatic nitrogens is 4. The molecule has 5 rings (SSSR count). The monoisotopic (exact) mass is 573 g/mol. The van der Waals surface area contributed by atoms with Crippen LogP contribution in [-0.2, 0) is 6.54 Å². The van der Waals surface area contributed by atoms with Gasteiger partial charge in [-0.2, -0.15) is 5.10 Å². The predicted octanol–water partition coefficient (Wildman–Crippen LogP) is 6.38. The molecule has 1 amide bonds. The van der Waals surface area contributed by atoms with Gasteiger partial charge in [0.15, 0.2) is 0 Å². The second kappa shape index (κ2) is 14.1. The van der Waals surface area contributed by atoms with Crippen LogP contribution in [0.5, 0.6) is 0 Å². The molecule has 1 aliphatic rings. The van der Waals surface area contributed by atoms with E-state index >= 15 is 0 Å². The number of rotatable bonds is 11. The number of aromatic amines is 1. The number of anilines is 1. The number of carbonyl (C=O) groups excluding carboxylic acids is 1. The van der Waals surface area contributed by atoms with Gasteiger partial charge < -0.3 is 16.0 Å². The van der Waals surface area contributed by atoms with Crippen molar-refractivity contribution in [2.75, 3.05) is 25.5 Å². The quantitative estimate of drug-likeness (QED) is 0.180. The van der Waals surface area contributed by atoms with Crippen molar-refractivity contribution < 1.29 is 4.79 Å². The average molecular weight is 575 g/mol. The summed E-state index contributed by atoms with van der Waals surface area (Å²) in [6.07, 6.45) is 11.2. The number of nitrogens with two attached hydrogens (primary N) is 1. The molecular formula is C29H41Cl2N7O. The lowest BCUT2D eigenvalue weighted by atomic mass is 10.1. The van der Waals surface area contributed by atoms with E-state index in [0.717, 1.165) is 66.4 Å². The minimum absolute atomic E-state index is 0. The third kappa shape index (κ3) is 7.11. The smallest absolute Gasteiger partial charge is 0.256 e. The number of pyridine rings is 1. The number of fused-ring (bicyclic) bond motifs is 2. The van der Waals surface area contributed by atoms with Crippen LogP contribution in [0.15, 0.2) is 36.5 Å². The van der Waals surface area contributed by atoms with E-state index in [2.05, 4.69) is 33.3 Å². The fraction of sp³-hybridized carbons (Fsp3) is 0.483. The molecular weight excluding hydrogens is 533 g/mol. The number of halogens is 2. The molecule has 0 radical (unpaired) electrons. The molecule has 1 aromatic carbocycles. The van der Waals surface area contributed by atoms with Gasteiger partial charge in [0.1, 0.15) is 5.82 Å². The number of unbranched alkanes of at least 4 members (excludes halogenated alkanes) is 5. The number of likely N-dealkylation sites (tertiary alicyclic amines) is 1. The normalized spacial score (nSPS) is 15.4. The van der Waals surface area contributed by atoms with E-state index in [-0.39, 0.29) is 30.7 Å². The zero-order valence-electron chi connectivity index (χ0n) is 22.9. The first kappa shape index (κ1) is 30.9. The van der Waals surface area contributed by atoms with Gasteiger partial charge in [-0.1, -0.05) is 31.7 Å². The Bertz CT molecular complexity index is 1380. The molecule has 8 nitrogen and oxygen atoms in total. The molecule has 0 saturated carbocycles. The minimum atomic E-state index is -0.165. The van der Waals surface area contributed by atoms with Gasteiger partial charge in [-0.15, -0.1) is 24.8 Å². The molecule has 4 N–H and O–H groups in total. The zero-order chi connectivity index (χ0) is 25.8. The van der Waals surface area contributed by atoms with Gasteiger partial charge in [0.05, 0.1) is 16.7 Å². The summed E-state index contributed by atoms with van der Waals surface area (Å²) < 4.78 is 2.05. The van der Waals surface area contributed by atoms with E-state index in [1.165, 1.54) is 37.8 Å². The van der Waals surface area contributed by atoms with E-state index in [0.29, 0.717) is 17.4 Å². The highest BCUT2D eigenvalue weighted by Crippen LogP contribution is 2.32. The first-order chi connectivity index (χ1) is 18.0. The van der Waals surface area contributed by atoms with Crippen molar-refractivity contribution in [1.82, 2.24) is 24.6 Å². The van der Waals surface area contributed by atoms with E-state index in [9.17, 15) is 4.79 Å². The molecule has 1 fully saturated rings. The highest BCUT2D eigenvalue weighted by Gasteiger charge is 2.24. The maximum absolute atomic E-state index is 13.1. The molecule has 4 heterocycles. The fourth-order valence-electron chi connectivity index (χ4n) is 5.55. The molecule has 0 aliphatic carbocycles. The summed E-state index contributed by atoms with van der Waals surface area (Å²) in [5, 5.41) is 9.89. The third-order valence-corrected chi connectivity index (χ3v) is 7.67. The highest BCUT2D eigenvalue weighted by atomic mass is 35.5. The van der Waals surface area contributed by atoms with Gasteiger partial charge in [-0.05, 0) is 70.9 Å². The van der Waals surface area contributed by atoms with Crippen LogP contribution >= 0.6 is 24.8 Å². The SMILES string of the molecule is Cc1nn(CCCCCCCCN)c2cc(C(=O)Nc3cc4[nH]c([C@H]5CCCN5C)cc4cn3)ccc12.Cl.Cl. The number of carbonyl (C=O) groups is 1. The van der Waals surface area contributed by atoms with Crippen LogP contribution in [0.2, 0.25) is 0 Å². The molecule has 1 saturated heterocycles. The van der Waals surface area contributed by atoms with Crippen molar-refractivity contribution in [2.24, 2.45) is 5.73 Å². The molecule has 10 heteroatoms. The van der Waals surface area contributed by atoms with Crippen LogP contribution in [-0.4, -0.2) is 50.7 Å². The Morgan fingerprint density at radius 3 is 2.62 bits per heavy atom. The molecule has 0 bridgehead atoms. The van der Waals surface area contributed by atoms with E-state index in [4.69, 9.17) is 10.8 Å². The third-order valence-electron chi connectivity index (χ3n) is 7.67. The average Bonchev–Trinajstić information content (AvgIpc) is 3.59. The molecule has 39 heavy (non-hydrogen) atoms. The maximum atomic E-state index is 13.1. The van der Waals surface area contributed by atoms with Crippen molar-refractivity contribution in [2.45, 2.75) is 70.9 Å². The Hall–Kier alpha value is -2.65. The van der Waals surface area contributed by atoms with Gasteiger partial charge in [-0.25, -0.2) is 4.98 Å².